The average molecular weight is 284 g/mol. The Kier molecular flexibility index (Phi) is 4.03. The molecule has 0 saturated carbocycles. The minimum Gasteiger partial charge on any atom is -0.447 e. The molecule has 0 atom stereocenters. The van der Waals surface area contributed by atoms with E-state index in [1.54, 1.807) is 10.7 Å². The van der Waals surface area contributed by atoms with Gasteiger partial charge in [-0.3, -0.25) is 4.68 Å². The quantitative estimate of drug-likeness (QED) is 0.776. The third-order valence-corrected chi connectivity index (χ3v) is 3.88. The summed E-state index contributed by atoms with van der Waals surface area (Å²) in [5, 5.41) is 4.05. The van der Waals surface area contributed by atoms with E-state index >= 15 is 0 Å². The highest BCUT2D eigenvalue weighted by Gasteiger charge is 2.17. The Labute approximate surface area is 111 Å². The molecule has 2 aromatic rings. The molecule has 0 radical (unpaired) electrons. The Balaban J connectivity index is 1.94. The van der Waals surface area contributed by atoms with Gasteiger partial charge in [0.25, 0.3) is 10.0 Å². The van der Waals surface area contributed by atoms with Crippen LogP contribution in [0.5, 0.6) is 0 Å². The van der Waals surface area contributed by atoms with Crippen LogP contribution in [0.3, 0.4) is 0 Å². The molecule has 104 valence electrons. The molecule has 0 aliphatic carbocycles. The van der Waals surface area contributed by atoms with Gasteiger partial charge in [0.1, 0.15) is 5.76 Å². The summed E-state index contributed by atoms with van der Waals surface area (Å²) in [7, 11) is -1.81. The highest BCUT2D eigenvalue weighted by Crippen LogP contribution is 2.13. The van der Waals surface area contributed by atoms with E-state index in [9.17, 15) is 8.42 Å². The van der Waals surface area contributed by atoms with Crippen LogP contribution in [-0.2, 0) is 30.0 Å². The second-order valence-electron chi connectivity index (χ2n) is 4.05. The molecule has 0 aromatic carbocycles. The summed E-state index contributed by atoms with van der Waals surface area (Å²) in [6.45, 7) is 0.432. The molecular formula is C11H16N4O3S. The second kappa shape index (κ2) is 5.55. The topological polar surface area (TPSA) is 103 Å². The fourth-order valence-corrected chi connectivity index (χ4v) is 2.57. The average Bonchev–Trinajstić information content (AvgIpc) is 2.98. The Bertz CT molecular complexity index is 644. The van der Waals surface area contributed by atoms with Crippen molar-refractivity contribution >= 4 is 10.0 Å². The molecular weight excluding hydrogens is 268 g/mol. The van der Waals surface area contributed by atoms with E-state index in [1.165, 1.54) is 6.07 Å². The summed E-state index contributed by atoms with van der Waals surface area (Å²) in [6.07, 6.45) is 2.33. The van der Waals surface area contributed by atoms with Crippen molar-refractivity contribution in [2.24, 2.45) is 12.8 Å². The molecule has 0 saturated heterocycles. The van der Waals surface area contributed by atoms with E-state index in [-0.39, 0.29) is 18.2 Å². The van der Waals surface area contributed by atoms with Gasteiger partial charge >= 0.3 is 0 Å². The van der Waals surface area contributed by atoms with Gasteiger partial charge < -0.3 is 10.2 Å². The fourth-order valence-electron chi connectivity index (χ4n) is 1.59. The highest BCUT2D eigenvalue weighted by atomic mass is 32.2. The number of nitrogens with two attached hydrogens (primary N) is 1. The van der Waals surface area contributed by atoms with Gasteiger partial charge in [-0.1, -0.05) is 0 Å². The maximum absolute atomic E-state index is 11.9. The van der Waals surface area contributed by atoms with E-state index in [2.05, 4.69) is 9.82 Å². The van der Waals surface area contributed by atoms with Crippen molar-refractivity contribution in [1.29, 1.82) is 0 Å². The molecule has 0 bridgehead atoms. The standard InChI is InChI=1S/C11H16N4O3S/c1-15-7-5-9(14-15)4-6-13-19(16,17)11-3-2-10(8-12)18-11/h2-3,5,7,13H,4,6,8,12H2,1H3. The van der Waals surface area contributed by atoms with Crippen LogP contribution < -0.4 is 10.5 Å². The minimum absolute atomic E-state index is 0.117. The molecule has 0 unspecified atom stereocenters. The van der Waals surface area contributed by atoms with Gasteiger partial charge in [0, 0.05) is 26.2 Å². The molecule has 8 heteroatoms. The molecule has 2 heterocycles. The molecule has 0 fully saturated rings. The van der Waals surface area contributed by atoms with E-state index < -0.39 is 10.0 Å². The van der Waals surface area contributed by atoms with E-state index in [0.717, 1.165) is 5.69 Å². The molecule has 0 spiro atoms. The molecule has 2 aromatic heterocycles. The van der Waals surface area contributed by atoms with Gasteiger partial charge in [-0.05, 0) is 18.2 Å². The first-order valence-electron chi connectivity index (χ1n) is 5.78. The van der Waals surface area contributed by atoms with Crippen LogP contribution in [0.25, 0.3) is 0 Å². The van der Waals surface area contributed by atoms with Crippen molar-refractivity contribution in [1.82, 2.24) is 14.5 Å². The number of hydrogen-bond donors (Lipinski definition) is 2. The predicted molar refractivity (Wildman–Crippen MR) is 68.7 cm³/mol. The number of rotatable bonds is 6. The van der Waals surface area contributed by atoms with Crippen LogP contribution in [0.2, 0.25) is 0 Å². The highest BCUT2D eigenvalue weighted by molar-refractivity contribution is 7.89. The van der Waals surface area contributed by atoms with Crippen LogP contribution in [0.1, 0.15) is 11.5 Å². The van der Waals surface area contributed by atoms with E-state index in [0.29, 0.717) is 12.2 Å². The van der Waals surface area contributed by atoms with Crippen LogP contribution in [-0.4, -0.2) is 24.7 Å². The molecule has 0 aliphatic heterocycles. The summed E-state index contributed by atoms with van der Waals surface area (Å²) in [6, 6.07) is 4.78. The minimum atomic E-state index is -3.62. The molecule has 2 rings (SSSR count). The lowest BCUT2D eigenvalue weighted by Gasteiger charge is -2.02. The number of furan rings is 1. The Morgan fingerprint density at radius 3 is 2.79 bits per heavy atom. The van der Waals surface area contributed by atoms with Crippen molar-refractivity contribution in [2.75, 3.05) is 6.54 Å². The number of nitrogens with zero attached hydrogens (tertiary/aromatic N) is 2. The number of aryl methyl sites for hydroxylation is 1. The van der Waals surface area contributed by atoms with Gasteiger partial charge in [0.15, 0.2) is 0 Å². The van der Waals surface area contributed by atoms with E-state index in [4.69, 9.17) is 10.2 Å². The first-order chi connectivity index (χ1) is 9.01. The Morgan fingerprint density at radius 2 is 2.21 bits per heavy atom. The van der Waals surface area contributed by atoms with Crippen LogP contribution in [0, 0.1) is 0 Å². The van der Waals surface area contributed by atoms with Gasteiger partial charge in [0.2, 0.25) is 5.09 Å². The third kappa shape index (κ3) is 3.43. The van der Waals surface area contributed by atoms with Crippen molar-refractivity contribution < 1.29 is 12.8 Å². The van der Waals surface area contributed by atoms with Gasteiger partial charge in [0.05, 0.1) is 12.2 Å². The number of sulfonamides is 1. The summed E-state index contributed by atoms with van der Waals surface area (Å²) < 4.78 is 33.0. The lowest BCUT2D eigenvalue weighted by atomic mass is 10.3. The molecule has 0 amide bonds. The fraction of sp³-hybridized carbons (Fsp3) is 0.364. The smallest absolute Gasteiger partial charge is 0.273 e. The first kappa shape index (κ1) is 13.8. The Hall–Kier alpha value is -1.64. The number of hydrogen-bond acceptors (Lipinski definition) is 5. The summed E-state index contributed by atoms with van der Waals surface area (Å²) in [4.78, 5) is 0. The molecule has 0 aliphatic rings. The summed E-state index contributed by atoms with van der Waals surface area (Å²) in [5.41, 5.74) is 6.19. The second-order valence-corrected chi connectivity index (χ2v) is 5.75. The van der Waals surface area contributed by atoms with Crippen LogP contribution in [0.15, 0.2) is 33.9 Å². The first-order valence-corrected chi connectivity index (χ1v) is 7.26. The zero-order valence-corrected chi connectivity index (χ0v) is 11.4. The van der Waals surface area contributed by atoms with Gasteiger partial charge in [-0.25, -0.2) is 13.1 Å². The maximum atomic E-state index is 11.9. The predicted octanol–water partition coefficient (Wildman–Crippen LogP) is -0.00720. The monoisotopic (exact) mass is 284 g/mol. The largest absolute Gasteiger partial charge is 0.447 e. The third-order valence-electron chi connectivity index (χ3n) is 2.55. The Morgan fingerprint density at radius 1 is 1.42 bits per heavy atom. The van der Waals surface area contributed by atoms with Crippen molar-refractivity contribution in [2.45, 2.75) is 18.1 Å². The normalized spacial score (nSPS) is 11.9. The van der Waals surface area contributed by atoms with Gasteiger partial charge in [-0.15, -0.1) is 0 Å². The molecule has 19 heavy (non-hydrogen) atoms. The van der Waals surface area contributed by atoms with Crippen molar-refractivity contribution in [3.05, 3.63) is 35.9 Å². The zero-order valence-electron chi connectivity index (χ0n) is 10.5. The number of aromatic nitrogens is 2. The SMILES string of the molecule is Cn1ccc(CCNS(=O)(=O)c2ccc(CN)o2)n1. The summed E-state index contributed by atoms with van der Waals surface area (Å²) >= 11 is 0. The maximum Gasteiger partial charge on any atom is 0.273 e. The molecule has 7 nitrogen and oxygen atoms in total. The van der Waals surface area contributed by atoms with Crippen LogP contribution in [0.4, 0.5) is 0 Å². The van der Waals surface area contributed by atoms with E-state index in [1.807, 2.05) is 19.3 Å². The zero-order chi connectivity index (χ0) is 13.9. The van der Waals surface area contributed by atoms with Crippen LogP contribution >= 0.6 is 0 Å². The lowest BCUT2D eigenvalue weighted by Crippen LogP contribution is -2.25. The van der Waals surface area contributed by atoms with Gasteiger partial charge in [-0.2, -0.15) is 5.10 Å². The summed E-state index contributed by atoms with van der Waals surface area (Å²) in [5.74, 6) is 0.435. The van der Waals surface area contributed by atoms with Crippen molar-refractivity contribution in [3.63, 3.8) is 0 Å². The molecule has 3 N–H and O–H groups in total. The van der Waals surface area contributed by atoms with Crippen molar-refractivity contribution in [3.8, 4) is 0 Å². The lowest BCUT2D eigenvalue weighted by molar-refractivity contribution is 0.413. The number of nitrogens with one attached hydrogen (secondary N) is 1.